The molecule has 2 fully saturated rings. The Kier molecular flexibility index (Phi) is 2.43. The fraction of sp³-hybridized carbons (Fsp3) is 0.500. The van der Waals surface area contributed by atoms with Gasteiger partial charge < -0.3 is 10.0 Å². The van der Waals surface area contributed by atoms with E-state index in [0.29, 0.717) is 18.9 Å². The summed E-state index contributed by atoms with van der Waals surface area (Å²) in [4.78, 5) is 25.8. The van der Waals surface area contributed by atoms with Crippen LogP contribution in [0.1, 0.15) is 11.3 Å². The van der Waals surface area contributed by atoms with Crippen LogP contribution in [-0.4, -0.2) is 34.5 Å². The van der Waals surface area contributed by atoms with Crippen LogP contribution in [0.3, 0.4) is 0 Å². The standard InChI is InChI=1S/C12H13NO3S/c14-10(5-8-2-1-3-17-8)13-6-7-4-9(7)11(13)12(15)16/h1-3,7,9,11H,4-6H2,(H,15,16)/t7-,9-,11-/m0/s1. The Hall–Kier alpha value is -1.36. The van der Waals surface area contributed by atoms with Crippen LogP contribution < -0.4 is 0 Å². The Bertz CT molecular complexity index is 456. The van der Waals surface area contributed by atoms with Gasteiger partial charge >= 0.3 is 5.97 Å². The molecule has 0 spiro atoms. The van der Waals surface area contributed by atoms with Crippen LogP contribution in [0.15, 0.2) is 17.5 Å². The molecule has 1 aromatic rings. The first-order valence-electron chi connectivity index (χ1n) is 5.71. The summed E-state index contributed by atoms with van der Waals surface area (Å²) in [5.41, 5.74) is 0. The van der Waals surface area contributed by atoms with Crippen molar-refractivity contribution >= 4 is 23.2 Å². The molecule has 0 unspecified atom stereocenters. The van der Waals surface area contributed by atoms with Gasteiger partial charge in [0.05, 0.1) is 6.42 Å². The van der Waals surface area contributed by atoms with Crippen LogP contribution in [-0.2, 0) is 16.0 Å². The molecule has 1 saturated carbocycles. The molecule has 1 saturated heterocycles. The van der Waals surface area contributed by atoms with Gasteiger partial charge in [0.2, 0.25) is 5.91 Å². The number of rotatable bonds is 3. The second kappa shape index (κ2) is 3.84. The third-order valence-electron chi connectivity index (χ3n) is 3.63. The average Bonchev–Trinajstić information content (AvgIpc) is 2.76. The first kappa shape index (κ1) is 10.8. The largest absolute Gasteiger partial charge is 0.480 e. The van der Waals surface area contributed by atoms with Crippen molar-refractivity contribution in [1.29, 1.82) is 0 Å². The van der Waals surface area contributed by atoms with E-state index < -0.39 is 12.0 Å². The highest BCUT2D eigenvalue weighted by Crippen LogP contribution is 2.49. The number of carbonyl (C=O) groups is 2. The van der Waals surface area contributed by atoms with E-state index in [2.05, 4.69) is 0 Å². The Morgan fingerprint density at radius 1 is 1.53 bits per heavy atom. The second-order valence-corrected chi connectivity index (χ2v) is 5.78. The van der Waals surface area contributed by atoms with Crippen LogP contribution in [0.4, 0.5) is 0 Å². The number of carbonyl (C=O) groups excluding carboxylic acids is 1. The number of piperidine rings is 1. The van der Waals surface area contributed by atoms with E-state index >= 15 is 0 Å². The molecule has 0 bridgehead atoms. The van der Waals surface area contributed by atoms with Crippen LogP contribution in [0.25, 0.3) is 0 Å². The van der Waals surface area contributed by atoms with Crippen molar-refractivity contribution in [2.24, 2.45) is 11.8 Å². The van der Waals surface area contributed by atoms with Gasteiger partial charge in [0, 0.05) is 11.4 Å². The van der Waals surface area contributed by atoms with Crippen LogP contribution >= 0.6 is 11.3 Å². The quantitative estimate of drug-likeness (QED) is 0.878. The van der Waals surface area contributed by atoms with E-state index in [1.807, 2.05) is 17.5 Å². The first-order chi connectivity index (χ1) is 8.16. The van der Waals surface area contributed by atoms with E-state index in [1.54, 1.807) is 4.90 Å². The van der Waals surface area contributed by atoms with Gasteiger partial charge in [0.1, 0.15) is 6.04 Å². The molecule has 0 radical (unpaired) electrons. The fourth-order valence-corrected chi connectivity index (χ4v) is 3.40. The van der Waals surface area contributed by atoms with Gasteiger partial charge in [-0.3, -0.25) is 4.79 Å². The average molecular weight is 251 g/mol. The van der Waals surface area contributed by atoms with Crippen molar-refractivity contribution in [3.63, 3.8) is 0 Å². The van der Waals surface area contributed by atoms with Crippen LogP contribution in [0.5, 0.6) is 0 Å². The van der Waals surface area contributed by atoms with Crippen molar-refractivity contribution in [2.75, 3.05) is 6.54 Å². The molecule has 3 atom stereocenters. The molecule has 1 aliphatic heterocycles. The number of nitrogens with zero attached hydrogens (tertiary/aromatic N) is 1. The topological polar surface area (TPSA) is 57.6 Å². The minimum atomic E-state index is -0.852. The summed E-state index contributed by atoms with van der Waals surface area (Å²) in [5.74, 6) is -0.259. The lowest BCUT2D eigenvalue weighted by molar-refractivity contribution is -0.149. The van der Waals surface area contributed by atoms with Gasteiger partial charge in [-0.25, -0.2) is 4.79 Å². The first-order valence-corrected chi connectivity index (χ1v) is 6.59. The number of hydrogen-bond acceptors (Lipinski definition) is 3. The van der Waals surface area contributed by atoms with E-state index in [4.69, 9.17) is 5.11 Å². The maximum atomic E-state index is 12.1. The predicted molar refractivity (Wildman–Crippen MR) is 62.8 cm³/mol. The molecule has 17 heavy (non-hydrogen) atoms. The van der Waals surface area contributed by atoms with Gasteiger partial charge in [-0.1, -0.05) is 6.07 Å². The van der Waals surface area contributed by atoms with Crippen molar-refractivity contribution in [1.82, 2.24) is 4.90 Å². The third kappa shape index (κ3) is 1.84. The van der Waals surface area contributed by atoms with Crippen molar-refractivity contribution < 1.29 is 14.7 Å². The fourth-order valence-electron chi connectivity index (χ4n) is 2.70. The minimum Gasteiger partial charge on any atom is -0.480 e. The Balaban J connectivity index is 1.71. The zero-order chi connectivity index (χ0) is 12.0. The molecule has 90 valence electrons. The number of fused-ring (bicyclic) bond motifs is 1. The van der Waals surface area contributed by atoms with E-state index in [0.717, 1.165) is 11.3 Å². The Morgan fingerprint density at radius 2 is 2.35 bits per heavy atom. The highest BCUT2D eigenvalue weighted by Gasteiger charge is 2.56. The summed E-state index contributed by atoms with van der Waals surface area (Å²) in [6.45, 7) is 0.631. The molecular formula is C12H13NO3S. The summed E-state index contributed by atoms with van der Waals surface area (Å²) in [6.07, 6.45) is 1.31. The molecule has 1 N–H and O–H groups in total. The number of aliphatic carboxylic acids is 1. The van der Waals surface area contributed by atoms with Crippen LogP contribution in [0.2, 0.25) is 0 Å². The van der Waals surface area contributed by atoms with Gasteiger partial charge in [0.15, 0.2) is 0 Å². The maximum Gasteiger partial charge on any atom is 0.326 e. The lowest BCUT2D eigenvalue weighted by atomic mass is 10.2. The molecule has 1 aromatic heterocycles. The number of thiophene rings is 1. The van der Waals surface area contributed by atoms with Gasteiger partial charge in [-0.05, 0) is 29.7 Å². The number of hydrogen-bond donors (Lipinski definition) is 1. The van der Waals surface area contributed by atoms with E-state index in [-0.39, 0.29) is 11.8 Å². The Labute approximate surface area is 103 Å². The SMILES string of the molecule is O=C(O)[C@@H]1[C@H]2C[C@H]2CN1C(=O)Cc1cccs1. The van der Waals surface area contributed by atoms with E-state index in [9.17, 15) is 9.59 Å². The van der Waals surface area contributed by atoms with Crippen molar-refractivity contribution in [3.05, 3.63) is 22.4 Å². The van der Waals surface area contributed by atoms with Gasteiger partial charge in [-0.15, -0.1) is 11.3 Å². The third-order valence-corrected chi connectivity index (χ3v) is 4.51. The number of likely N-dealkylation sites (tertiary alicyclic amines) is 1. The lowest BCUT2D eigenvalue weighted by Gasteiger charge is -2.24. The molecule has 4 nitrogen and oxygen atoms in total. The van der Waals surface area contributed by atoms with E-state index in [1.165, 1.54) is 11.3 Å². The molecule has 1 amide bonds. The zero-order valence-corrected chi connectivity index (χ0v) is 10.0. The highest BCUT2D eigenvalue weighted by atomic mass is 32.1. The predicted octanol–water partition coefficient (Wildman–Crippen LogP) is 1.22. The normalized spacial score (nSPS) is 30.1. The molecular weight excluding hydrogens is 238 g/mol. The molecule has 0 aromatic carbocycles. The summed E-state index contributed by atoms with van der Waals surface area (Å²) >= 11 is 1.54. The van der Waals surface area contributed by atoms with Crippen molar-refractivity contribution in [2.45, 2.75) is 18.9 Å². The highest BCUT2D eigenvalue weighted by molar-refractivity contribution is 7.10. The number of amides is 1. The summed E-state index contributed by atoms with van der Waals surface area (Å²) in [7, 11) is 0. The molecule has 5 heteroatoms. The minimum absolute atomic E-state index is 0.0490. The molecule has 2 heterocycles. The maximum absolute atomic E-state index is 12.1. The van der Waals surface area contributed by atoms with Gasteiger partial charge in [-0.2, -0.15) is 0 Å². The van der Waals surface area contributed by atoms with Crippen LogP contribution in [0, 0.1) is 11.8 Å². The van der Waals surface area contributed by atoms with Gasteiger partial charge in [0.25, 0.3) is 0 Å². The lowest BCUT2D eigenvalue weighted by Crippen LogP contribution is -2.43. The summed E-state index contributed by atoms with van der Waals surface area (Å²) in [5, 5.41) is 11.1. The monoisotopic (exact) mass is 251 g/mol. The smallest absolute Gasteiger partial charge is 0.326 e. The summed E-state index contributed by atoms with van der Waals surface area (Å²) in [6, 6.07) is 3.24. The number of carboxylic acid groups (broad SMARTS) is 1. The molecule has 3 rings (SSSR count). The zero-order valence-electron chi connectivity index (χ0n) is 9.20. The molecule has 2 aliphatic rings. The number of carboxylic acids is 1. The Morgan fingerprint density at radius 3 is 3.00 bits per heavy atom. The van der Waals surface area contributed by atoms with Crippen molar-refractivity contribution in [3.8, 4) is 0 Å². The summed E-state index contributed by atoms with van der Waals surface area (Å²) < 4.78 is 0. The second-order valence-electron chi connectivity index (χ2n) is 4.74. The molecule has 1 aliphatic carbocycles.